The van der Waals surface area contributed by atoms with Gasteiger partial charge in [0.15, 0.2) is 17.5 Å². The van der Waals surface area contributed by atoms with Crippen LogP contribution < -0.4 is 24.8 Å². The first kappa shape index (κ1) is 25.0. The summed E-state index contributed by atoms with van der Waals surface area (Å²) in [4.78, 5) is 4.24. The topological polar surface area (TPSA) is 64.1 Å². The molecule has 170 valence electrons. The van der Waals surface area contributed by atoms with Crippen LogP contribution >= 0.6 is 24.0 Å². The van der Waals surface area contributed by atoms with Crippen LogP contribution in [-0.4, -0.2) is 39.4 Å². The maximum Gasteiger partial charge on any atom is 0.387 e. The standard InChI is InChI=1S/C22H27F2N3O3.HI/c1-3-28-19-10-6-7-16(20(19)30-21(23)24)14-27-22(25-2)26-13-15-11-12-29-18-9-5-4-8-17(15)18;/h4-10,15,21H,3,11-14H2,1-2H3,(H2,25,26,27);1H. The number of nitrogens with one attached hydrogen (secondary N) is 2. The fourth-order valence-electron chi connectivity index (χ4n) is 3.44. The van der Waals surface area contributed by atoms with Gasteiger partial charge in [-0.3, -0.25) is 4.99 Å². The molecule has 2 aromatic rings. The van der Waals surface area contributed by atoms with Crippen molar-refractivity contribution >= 4 is 29.9 Å². The zero-order chi connectivity index (χ0) is 21.3. The first-order valence-corrected chi connectivity index (χ1v) is 9.98. The SMILES string of the molecule is CCOc1cccc(CNC(=NC)NCC2CCOc3ccccc32)c1OC(F)F.I. The summed E-state index contributed by atoms with van der Waals surface area (Å²) in [5.41, 5.74) is 1.73. The minimum atomic E-state index is -2.93. The minimum Gasteiger partial charge on any atom is -0.493 e. The number of aliphatic imine (C=N–C) groups is 1. The molecule has 1 aliphatic rings. The van der Waals surface area contributed by atoms with Crippen molar-refractivity contribution in [2.75, 3.05) is 26.8 Å². The number of para-hydroxylation sites is 2. The van der Waals surface area contributed by atoms with Crippen LogP contribution in [-0.2, 0) is 6.54 Å². The molecule has 2 aromatic carbocycles. The number of ether oxygens (including phenoxy) is 3. The van der Waals surface area contributed by atoms with Gasteiger partial charge in [-0.05, 0) is 31.0 Å². The van der Waals surface area contributed by atoms with E-state index in [4.69, 9.17) is 14.2 Å². The van der Waals surface area contributed by atoms with E-state index in [0.717, 1.165) is 12.2 Å². The fraction of sp³-hybridized carbons (Fsp3) is 0.409. The fourth-order valence-corrected chi connectivity index (χ4v) is 3.44. The van der Waals surface area contributed by atoms with Crippen LogP contribution in [0.15, 0.2) is 47.5 Å². The van der Waals surface area contributed by atoms with E-state index in [1.54, 1.807) is 32.2 Å². The highest BCUT2D eigenvalue weighted by Crippen LogP contribution is 2.33. The second-order valence-electron chi connectivity index (χ2n) is 6.73. The van der Waals surface area contributed by atoms with Gasteiger partial charge in [-0.2, -0.15) is 8.78 Å². The molecule has 0 amide bonds. The normalized spacial score (nSPS) is 15.4. The number of alkyl halides is 2. The number of hydrogen-bond donors (Lipinski definition) is 2. The lowest BCUT2D eigenvalue weighted by Gasteiger charge is -2.26. The van der Waals surface area contributed by atoms with Gasteiger partial charge in [0.05, 0.1) is 13.2 Å². The predicted molar refractivity (Wildman–Crippen MR) is 127 cm³/mol. The van der Waals surface area contributed by atoms with Crippen LogP contribution in [0.5, 0.6) is 17.2 Å². The number of guanidine groups is 1. The molecule has 0 aromatic heterocycles. The molecule has 1 atom stereocenters. The summed E-state index contributed by atoms with van der Waals surface area (Å²) < 4.78 is 41.6. The number of halogens is 3. The van der Waals surface area contributed by atoms with Crippen LogP contribution in [0, 0.1) is 0 Å². The van der Waals surface area contributed by atoms with E-state index in [1.165, 1.54) is 5.56 Å². The maximum absolute atomic E-state index is 12.9. The quantitative estimate of drug-likeness (QED) is 0.289. The molecule has 0 saturated carbocycles. The molecule has 31 heavy (non-hydrogen) atoms. The average molecular weight is 547 g/mol. The molecule has 0 radical (unpaired) electrons. The van der Waals surface area contributed by atoms with Crippen molar-refractivity contribution in [1.82, 2.24) is 10.6 Å². The van der Waals surface area contributed by atoms with Gasteiger partial charge in [-0.25, -0.2) is 0 Å². The Labute approximate surface area is 198 Å². The summed E-state index contributed by atoms with van der Waals surface area (Å²) >= 11 is 0. The zero-order valence-electron chi connectivity index (χ0n) is 17.6. The van der Waals surface area contributed by atoms with Crippen LogP contribution in [0.2, 0.25) is 0 Å². The molecule has 1 unspecified atom stereocenters. The first-order valence-electron chi connectivity index (χ1n) is 9.98. The number of nitrogens with zero attached hydrogens (tertiary/aromatic N) is 1. The molecule has 0 bridgehead atoms. The van der Waals surface area contributed by atoms with Gasteiger partial charge >= 0.3 is 6.61 Å². The molecule has 6 nitrogen and oxygen atoms in total. The van der Waals surface area contributed by atoms with Crippen LogP contribution in [0.25, 0.3) is 0 Å². The third-order valence-corrected chi connectivity index (χ3v) is 4.84. The van der Waals surface area contributed by atoms with Crippen molar-refractivity contribution in [2.24, 2.45) is 4.99 Å². The van der Waals surface area contributed by atoms with E-state index in [1.807, 2.05) is 18.2 Å². The van der Waals surface area contributed by atoms with Gasteiger partial charge in [0, 0.05) is 31.6 Å². The Balaban J connectivity index is 0.00000341. The summed E-state index contributed by atoms with van der Waals surface area (Å²) in [5.74, 6) is 2.12. The Bertz CT molecular complexity index is 868. The molecule has 0 aliphatic carbocycles. The highest BCUT2D eigenvalue weighted by molar-refractivity contribution is 14.0. The lowest BCUT2D eigenvalue weighted by atomic mass is 9.93. The van der Waals surface area contributed by atoms with Gasteiger partial charge in [-0.1, -0.05) is 30.3 Å². The molecule has 0 spiro atoms. The summed E-state index contributed by atoms with van der Waals surface area (Å²) in [6.45, 7) is 0.820. The monoisotopic (exact) mass is 547 g/mol. The van der Waals surface area contributed by atoms with E-state index in [2.05, 4.69) is 21.7 Å². The Morgan fingerprint density at radius 2 is 2.00 bits per heavy atom. The predicted octanol–water partition coefficient (Wildman–Crippen LogP) is 4.54. The molecule has 9 heteroatoms. The number of fused-ring (bicyclic) bond motifs is 1. The second kappa shape index (κ2) is 12.5. The second-order valence-corrected chi connectivity index (χ2v) is 6.73. The third-order valence-electron chi connectivity index (χ3n) is 4.84. The van der Waals surface area contributed by atoms with E-state index < -0.39 is 6.61 Å². The van der Waals surface area contributed by atoms with E-state index >= 15 is 0 Å². The molecular formula is C22H28F2IN3O3. The van der Waals surface area contributed by atoms with Gasteiger partial charge in [0.25, 0.3) is 0 Å². The van der Waals surface area contributed by atoms with Crippen LogP contribution in [0.3, 0.4) is 0 Å². The van der Waals surface area contributed by atoms with Crippen LogP contribution in [0.1, 0.15) is 30.4 Å². The van der Waals surface area contributed by atoms with Gasteiger partial charge < -0.3 is 24.8 Å². The molecular weight excluding hydrogens is 519 g/mol. The van der Waals surface area contributed by atoms with Gasteiger partial charge in [-0.15, -0.1) is 24.0 Å². The Kier molecular flexibility index (Phi) is 10.1. The van der Waals surface area contributed by atoms with Crippen molar-refractivity contribution < 1.29 is 23.0 Å². The lowest BCUT2D eigenvalue weighted by molar-refractivity contribution is -0.0520. The highest BCUT2D eigenvalue weighted by Gasteiger charge is 2.21. The van der Waals surface area contributed by atoms with Crippen molar-refractivity contribution in [3.63, 3.8) is 0 Å². The number of rotatable bonds is 8. The number of hydrogen-bond acceptors (Lipinski definition) is 4. The van der Waals surface area contributed by atoms with Crippen molar-refractivity contribution in [3.05, 3.63) is 53.6 Å². The third kappa shape index (κ3) is 6.84. The van der Waals surface area contributed by atoms with Gasteiger partial charge in [0.2, 0.25) is 0 Å². The average Bonchev–Trinajstić information content (AvgIpc) is 2.75. The number of benzene rings is 2. The van der Waals surface area contributed by atoms with E-state index in [-0.39, 0.29) is 36.3 Å². The summed E-state index contributed by atoms with van der Waals surface area (Å²) in [5, 5.41) is 6.47. The largest absolute Gasteiger partial charge is 0.493 e. The van der Waals surface area contributed by atoms with E-state index in [0.29, 0.717) is 42.9 Å². The Morgan fingerprint density at radius 3 is 2.74 bits per heavy atom. The molecule has 1 heterocycles. The Morgan fingerprint density at radius 1 is 1.19 bits per heavy atom. The summed E-state index contributed by atoms with van der Waals surface area (Å²) in [7, 11) is 1.67. The molecule has 0 saturated heterocycles. The van der Waals surface area contributed by atoms with Crippen molar-refractivity contribution in [3.8, 4) is 17.2 Å². The lowest BCUT2D eigenvalue weighted by Crippen LogP contribution is -2.39. The molecule has 2 N–H and O–H groups in total. The highest BCUT2D eigenvalue weighted by atomic mass is 127. The van der Waals surface area contributed by atoms with Gasteiger partial charge in [0.1, 0.15) is 5.75 Å². The smallest absolute Gasteiger partial charge is 0.387 e. The summed E-state index contributed by atoms with van der Waals surface area (Å²) in [6.07, 6.45) is 0.907. The zero-order valence-corrected chi connectivity index (χ0v) is 19.9. The van der Waals surface area contributed by atoms with E-state index in [9.17, 15) is 8.78 Å². The minimum absolute atomic E-state index is 0. The molecule has 0 fully saturated rings. The van der Waals surface area contributed by atoms with Crippen molar-refractivity contribution in [1.29, 1.82) is 0 Å². The molecule has 3 rings (SSSR count). The maximum atomic E-state index is 12.9. The first-order chi connectivity index (χ1) is 14.6. The van der Waals surface area contributed by atoms with Crippen molar-refractivity contribution in [2.45, 2.75) is 32.4 Å². The van der Waals surface area contributed by atoms with Crippen LogP contribution in [0.4, 0.5) is 8.78 Å². The summed E-state index contributed by atoms with van der Waals surface area (Å²) in [6, 6.07) is 13.1. The Hall–Kier alpha value is -2.30. The molecule has 1 aliphatic heterocycles.